The minimum atomic E-state index is -0.952. The van der Waals surface area contributed by atoms with Crippen LogP contribution in [0.4, 0.5) is 0 Å². The second-order valence-corrected chi connectivity index (χ2v) is 7.39. The number of aromatic nitrogens is 2. The molecule has 2 aliphatic heterocycles. The maximum Gasteiger partial charge on any atom is 0.552 e. The van der Waals surface area contributed by atoms with Crippen LogP contribution in [0, 0.1) is 5.92 Å². The number of hydrogen-bond acceptors (Lipinski definition) is 5. The van der Waals surface area contributed by atoms with E-state index in [1.807, 2.05) is 12.3 Å². The minimum Gasteiger partial charge on any atom is -0.531 e. The molecular formula is C18H21BN4O3. The number of carbonyl (C=O) groups excluding carboxylic acids is 1. The van der Waals surface area contributed by atoms with E-state index in [1.165, 1.54) is 0 Å². The van der Waals surface area contributed by atoms with Gasteiger partial charge in [0.05, 0.1) is 12.2 Å². The number of nitrogens with zero attached hydrogens (tertiary/aromatic N) is 1. The third-order valence-electron chi connectivity index (χ3n) is 5.71. The lowest BCUT2D eigenvalue weighted by Gasteiger charge is -2.39. The Morgan fingerprint density at radius 3 is 3.12 bits per heavy atom. The van der Waals surface area contributed by atoms with Crippen molar-refractivity contribution in [3.63, 3.8) is 0 Å². The number of H-pyrrole nitrogens is 1. The van der Waals surface area contributed by atoms with Crippen molar-refractivity contribution >= 4 is 29.6 Å². The molecule has 0 radical (unpaired) electrons. The van der Waals surface area contributed by atoms with Gasteiger partial charge in [-0.3, -0.25) is 4.79 Å². The van der Waals surface area contributed by atoms with Crippen molar-refractivity contribution in [2.24, 2.45) is 5.92 Å². The number of hydrogen-bond donors (Lipinski definition) is 4. The molecule has 26 heavy (non-hydrogen) atoms. The Hall–Kier alpha value is -2.32. The summed E-state index contributed by atoms with van der Waals surface area (Å²) in [7, 11) is -0.952. The highest BCUT2D eigenvalue weighted by molar-refractivity contribution is 6.52. The van der Waals surface area contributed by atoms with Crippen LogP contribution in [0.2, 0.25) is 0 Å². The summed E-state index contributed by atoms with van der Waals surface area (Å²) in [6.07, 6.45) is 7.26. The minimum absolute atomic E-state index is 0.0375. The van der Waals surface area contributed by atoms with Crippen LogP contribution in [0.15, 0.2) is 24.4 Å². The predicted molar refractivity (Wildman–Crippen MR) is 98.4 cm³/mol. The summed E-state index contributed by atoms with van der Waals surface area (Å²) in [6.45, 7) is 0.924. The van der Waals surface area contributed by atoms with Gasteiger partial charge in [0.1, 0.15) is 11.4 Å². The third kappa shape index (κ3) is 2.60. The fourth-order valence-corrected chi connectivity index (χ4v) is 4.32. The number of rotatable bonds is 3. The Balaban J connectivity index is 1.34. The molecule has 0 aromatic carbocycles. The first-order chi connectivity index (χ1) is 12.7. The fraction of sp³-hybridized carbons (Fsp3) is 0.444. The molecule has 3 aliphatic rings. The van der Waals surface area contributed by atoms with Gasteiger partial charge in [0.25, 0.3) is 0 Å². The number of carbonyl (C=O) groups is 1. The van der Waals surface area contributed by atoms with Crippen LogP contribution in [-0.2, 0) is 4.79 Å². The molecule has 134 valence electrons. The standard InChI is InChI=1S/C18H21BN4O3/c24-18(14-2-1-4-20-14)23-11-6-10(7-11)13-8-19(25)26-15-9-22-17-12(16(13)15)3-5-21-17/h3,5,8-11,14,20,25H,1-2,4,6-7H2,(H,21,22)(H,23,24)/t10?,11?,14-/m0/s1. The molecule has 2 aromatic heterocycles. The first-order valence-electron chi connectivity index (χ1n) is 9.25. The van der Waals surface area contributed by atoms with E-state index in [1.54, 1.807) is 12.2 Å². The van der Waals surface area contributed by atoms with Crippen molar-refractivity contribution in [2.75, 3.05) is 6.54 Å². The van der Waals surface area contributed by atoms with E-state index in [-0.39, 0.29) is 18.0 Å². The molecule has 0 bridgehead atoms. The van der Waals surface area contributed by atoms with E-state index < -0.39 is 7.12 Å². The van der Waals surface area contributed by atoms with Crippen LogP contribution < -0.4 is 15.3 Å². The molecule has 5 rings (SSSR count). The van der Waals surface area contributed by atoms with Gasteiger partial charge in [-0.1, -0.05) is 0 Å². The molecule has 1 saturated carbocycles. The number of nitrogens with one attached hydrogen (secondary N) is 3. The topological polar surface area (TPSA) is 99.3 Å². The summed E-state index contributed by atoms with van der Waals surface area (Å²) >= 11 is 0. The summed E-state index contributed by atoms with van der Waals surface area (Å²) in [5, 5.41) is 17.5. The zero-order valence-electron chi connectivity index (χ0n) is 14.4. The predicted octanol–water partition coefficient (Wildman–Crippen LogP) is 1.01. The number of aromatic amines is 1. The van der Waals surface area contributed by atoms with Crippen molar-refractivity contribution < 1.29 is 14.5 Å². The summed E-state index contributed by atoms with van der Waals surface area (Å²) in [4.78, 5) is 19.7. The third-order valence-corrected chi connectivity index (χ3v) is 5.71. The van der Waals surface area contributed by atoms with Gasteiger partial charge in [-0.2, -0.15) is 0 Å². The van der Waals surface area contributed by atoms with Crippen molar-refractivity contribution in [2.45, 2.75) is 37.8 Å². The Morgan fingerprint density at radius 1 is 1.42 bits per heavy atom. The van der Waals surface area contributed by atoms with Gasteiger partial charge in [0, 0.05) is 23.2 Å². The van der Waals surface area contributed by atoms with Crippen LogP contribution in [0.25, 0.3) is 16.6 Å². The number of pyridine rings is 1. The van der Waals surface area contributed by atoms with Gasteiger partial charge in [0.15, 0.2) is 0 Å². The zero-order chi connectivity index (χ0) is 17.7. The van der Waals surface area contributed by atoms with E-state index in [0.717, 1.165) is 54.4 Å². The highest BCUT2D eigenvalue weighted by atomic mass is 16.5. The molecule has 7 nitrogen and oxygen atoms in total. The molecule has 1 amide bonds. The molecule has 0 spiro atoms. The van der Waals surface area contributed by atoms with Gasteiger partial charge in [-0.05, 0) is 55.8 Å². The Bertz CT molecular complexity index is 884. The highest BCUT2D eigenvalue weighted by Crippen LogP contribution is 2.45. The molecular weight excluding hydrogens is 331 g/mol. The van der Waals surface area contributed by atoms with E-state index >= 15 is 0 Å². The van der Waals surface area contributed by atoms with Gasteiger partial charge in [0.2, 0.25) is 5.91 Å². The van der Waals surface area contributed by atoms with Crippen molar-refractivity contribution in [1.29, 1.82) is 0 Å². The average Bonchev–Trinajstić information content (AvgIpc) is 3.27. The van der Waals surface area contributed by atoms with Gasteiger partial charge in [-0.15, -0.1) is 0 Å². The largest absolute Gasteiger partial charge is 0.552 e. The van der Waals surface area contributed by atoms with Gasteiger partial charge in [-0.25, -0.2) is 4.98 Å². The van der Waals surface area contributed by atoms with Crippen molar-refractivity contribution in [3.8, 4) is 5.75 Å². The Labute approximate surface area is 151 Å². The number of amides is 1. The van der Waals surface area contributed by atoms with Gasteiger partial charge < -0.3 is 25.3 Å². The monoisotopic (exact) mass is 352 g/mol. The van der Waals surface area contributed by atoms with Crippen molar-refractivity contribution in [1.82, 2.24) is 20.6 Å². The Morgan fingerprint density at radius 2 is 2.31 bits per heavy atom. The summed E-state index contributed by atoms with van der Waals surface area (Å²) in [5.41, 5.74) is 2.91. The van der Waals surface area contributed by atoms with E-state index in [2.05, 4.69) is 20.6 Å². The number of allylic oxidation sites excluding steroid dienone is 1. The van der Waals surface area contributed by atoms with Crippen LogP contribution in [0.5, 0.6) is 5.75 Å². The molecule has 4 N–H and O–H groups in total. The van der Waals surface area contributed by atoms with E-state index in [0.29, 0.717) is 11.7 Å². The average molecular weight is 352 g/mol. The smallest absolute Gasteiger partial charge is 0.531 e. The number of fused-ring (bicyclic) bond motifs is 3. The van der Waals surface area contributed by atoms with Crippen molar-refractivity contribution in [3.05, 3.63) is 30.0 Å². The first-order valence-corrected chi connectivity index (χ1v) is 9.25. The molecule has 1 aliphatic carbocycles. The lowest BCUT2D eigenvalue weighted by Crippen LogP contribution is -2.50. The molecule has 1 atom stereocenters. The lowest BCUT2D eigenvalue weighted by atomic mass is 9.68. The normalized spacial score (nSPS) is 27.5. The fourth-order valence-electron chi connectivity index (χ4n) is 4.32. The second kappa shape index (κ2) is 6.14. The van der Waals surface area contributed by atoms with E-state index in [4.69, 9.17) is 4.65 Å². The first kappa shape index (κ1) is 15.9. The SMILES string of the molecule is O=C(NC1CC(C2=CB(O)Oc3cnc4[nH]ccc4c32)C1)[C@@H]1CCCN1. The van der Waals surface area contributed by atoms with Crippen LogP contribution >= 0.6 is 0 Å². The second-order valence-electron chi connectivity index (χ2n) is 7.39. The van der Waals surface area contributed by atoms with Crippen LogP contribution in [0.3, 0.4) is 0 Å². The van der Waals surface area contributed by atoms with Gasteiger partial charge >= 0.3 is 7.12 Å². The maximum atomic E-state index is 12.3. The zero-order valence-corrected chi connectivity index (χ0v) is 14.4. The van der Waals surface area contributed by atoms with E-state index in [9.17, 15) is 9.82 Å². The summed E-state index contributed by atoms with van der Waals surface area (Å²) in [6, 6.07) is 2.15. The lowest BCUT2D eigenvalue weighted by molar-refractivity contribution is -0.124. The molecule has 4 heterocycles. The molecule has 2 fully saturated rings. The van der Waals surface area contributed by atoms with Crippen LogP contribution in [-0.4, -0.2) is 46.6 Å². The molecule has 2 aromatic rings. The molecule has 8 heteroatoms. The Kier molecular flexibility index (Phi) is 3.75. The quantitative estimate of drug-likeness (QED) is 0.618. The maximum absolute atomic E-state index is 12.3. The summed E-state index contributed by atoms with van der Waals surface area (Å²) in [5.74, 6) is 2.82. The summed E-state index contributed by atoms with van der Waals surface area (Å²) < 4.78 is 5.54. The molecule has 0 unspecified atom stereocenters. The molecule has 1 saturated heterocycles. The van der Waals surface area contributed by atoms with Crippen LogP contribution in [0.1, 0.15) is 31.2 Å². The highest BCUT2D eigenvalue weighted by Gasteiger charge is 2.38.